The van der Waals surface area contributed by atoms with Crippen LogP contribution in [0.5, 0.6) is 5.75 Å². The molecular weight excluding hydrogens is 389 g/mol. The predicted molar refractivity (Wildman–Crippen MR) is 97.0 cm³/mol. The Labute approximate surface area is 145 Å². The first-order chi connectivity index (χ1) is 10.4. The van der Waals surface area contributed by atoms with Gasteiger partial charge in [-0.05, 0) is 72.7 Å². The minimum absolute atomic E-state index is 0.0266. The zero-order valence-electron chi connectivity index (χ0n) is 12.8. The SMILES string of the molecule is CC(C)(Cc1ccccc1)NC(=O)COc1ccc(I)cc1. The number of benzene rings is 2. The molecule has 0 saturated carbocycles. The molecule has 0 saturated heterocycles. The second-order valence-electron chi connectivity index (χ2n) is 5.84. The number of hydrogen-bond acceptors (Lipinski definition) is 2. The summed E-state index contributed by atoms with van der Waals surface area (Å²) >= 11 is 2.23. The molecule has 2 aromatic carbocycles. The normalized spacial score (nSPS) is 11.0. The lowest BCUT2D eigenvalue weighted by molar-refractivity contribution is -0.124. The van der Waals surface area contributed by atoms with Crippen LogP contribution in [-0.2, 0) is 11.2 Å². The summed E-state index contributed by atoms with van der Waals surface area (Å²) < 4.78 is 6.64. The van der Waals surface area contributed by atoms with E-state index in [2.05, 4.69) is 40.0 Å². The zero-order valence-corrected chi connectivity index (χ0v) is 15.0. The maximum atomic E-state index is 12.1. The Hall–Kier alpha value is -1.56. The van der Waals surface area contributed by atoms with Crippen molar-refractivity contribution in [2.45, 2.75) is 25.8 Å². The monoisotopic (exact) mass is 409 g/mol. The van der Waals surface area contributed by atoms with Gasteiger partial charge in [0.1, 0.15) is 5.75 Å². The van der Waals surface area contributed by atoms with Crippen LogP contribution in [0.4, 0.5) is 0 Å². The fourth-order valence-corrected chi connectivity index (χ4v) is 2.60. The molecule has 0 bridgehead atoms. The van der Waals surface area contributed by atoms with Crippen LogP contribution in [0.1, 0.15) is 19.4 Å². The highest BCUT2D eigenvalue weighted by Crippen LogP contribution is 2.14. The summed E-state index contributed by atoms with van der Waals surface area (Å²) in [6, 6.07) is 17.8. The van der Waals surface area contributed by atoms with Crippen molar-refractivity contribution in [1.82, 2.24) is 5.32 Å². The van der Waals surface area contributed by atoms with Gasteiger partial charge in [0.2, 0.25) is 0 Å². The van der Waals surface area contributed by atoms with Crippen LogP contribution in [0.2, 0.25) is 0 Å². The van der Waals surface area contributed by atoms with E-state index in [0.29, 0.717) is 5.75 Å². The number of hydrogen-bond donors (Lipinski definition) is 1. The molecule has 0 aliphatic heterocycles. The molecule has 3 nitrogen and oxygen atoms in total. The molecule has 0 unspecified atom stereocenters. The van der Waals surface area contributed by atoms with Crippen LogP contribution in [-0.4, -0.2) is 18.1 Å². The van der Waals surface area contributed by atoms with E-state index in [0.717, 1.165) is 9.99 Å². The molecule has 0 atom stereocenters. The maximum absolute atomic E-state index is 12.1. The quantitative estimate of drug-likeness (QED) is 0.738. The van der Waals surface area contributed by atoms with Gasteiger partial charge in [0.25, 0.3) is 5.91 Å². The van der Waals surface area contributed by atoms with Crippen LogP contribution in [0, 0.1) is 3.57 Å². The van der Waals surface area contributed by atoms with Gasteiger partial charge in [-0.2, -0.15) is 0 Å². The first-order valence-electron chi connectivity index (χ1n) is 7.18. The molecule has 2 aromatic rings. The van der Waals surface area contributed by atoms with Gasteiger partial charge in [0.05, 0.1) is 0 Å². The predicted octanol–water partition coefficient (Wildman–Crippen LogP) is 3.81. The first-order valence-corrected chi connectivity index (χ1v) is 8.26. The average Bonchev–Trinajstić information content (AvgIpc) is 2.46. The summed E-state index contributed by atoms with van der Waals surface area (Å²) in [7, 11) is 0. The average molecular weight is 409 g/mol. The molecule has 0 aliphatic carbocycles. The topological polar surface area (TPSA) is 38.3 Å². The third-order valence-electron chi connectivity index (χ3n) is 3.15. The number of carbonyl (C=O) groups is 1. The molecule has 0 aromatic heterocycles. The van der Waals surface area contributed by atoms with Gasteiger partial charge in [0.15, 0.2) is 6.61 Å². The van der Waals surface area contributed by atoms with Gasteiger partial charge in [-0.15, -0.1) is 0 Å². The molecule has 0 radical (unpaired) electrons. The lowest BCUT2D eigenvalue weighted by Gasteiger charge is -2.26. The van der Waals surface area contributed by atoms with E-state index in [1.165, 1.54) is 5.56 Å². The fraction of sp³-hybridized carbons (Fsp3) is 0.278. The second kappa shape index (κ2) is 7.63. The van der Waals surface area contributed by atoms with E-state index in [-0.39, 0.29) is 18.1 Å². The van der Waals surface area contributed by atoms with Crippen molar-refractivity contribution >= 4 is 28.5 Å². The second-order valence-corrected chi connectivity index (χ2v) is 7.08. The van der Waals surface area contributed by atoms with Gasteiger partial charge in [-0.3, -0.25) is 4.79 Å². The summed E-state index contributed by atoms with van der Waals surface area (Å²) in [5, 5.41) is 3.02. The van der Waals surface area contributed by atoms with Gasteiger partial charge in [-0.1, -0.05) is 30.3 Å². The van der Waals surface area contributed by atoms with Crippen LogP contribution in [0.3, 0.4) is 0 Å². The summed E-state index contributed by atoms with van der Waals surface area (Å²) in [4.78, 5) is 12.1. The van der Waals surface area contributed by atoms with E-state index in [1.807, 2.05) is 56.3 Å². The lowest BCUT2D eigenvalue weighted by Crippen LogP contribution is -2.47. The molecule has 1 amide bonds. The molecule has 0 heterocycles. The van der Waals surface area contributed by atoms with Gasteiger partial charge in [-0.25, -0.2) is 0 Å². The first kappa shape index (κ1) is 16.8. The van der Waals surface area contributed by atoms with E-state index in [1.54, 1.807) is 0 Å². The lowest BCUT2D eigenvalue weighted by atomic mass is 9.95. The highest BCUT2D eigenvalue weighted by atomic mass is 127. The molecular formula is C18H20INO2. The van der Waals surface area contributed by atoms with Crippen molar-refractivity contribution in [3.8, 4) is 5.75 Å². The minimum atomic E-state index is -0.312. The van der Waals surface area contributed by atoms with Gasteiger partial charge in [0, 0.05) is 9.11 Å². The van der Waals surface area contributed by atoms with Crippen molar-refractivity contribution < 1.29 is 9.53 Å². The number of nitrogens with one attached hydrogen (secondary N) is 1. The van der Waals surface area contributed by atoms with E-state index in [9.17, 15) is 4.79 Å². The van der Waals surface area contributed by atoms with E-state index < -0.39 is 0 Å². The third-order valence-corrected chi connectivity index (χ3v) is 3.87. The van der Waals surface area contributed by atoms with Crippen LogP contribution in [0.25, 0.3) is 0 Å². The Bertz CT molecular complexity index is 609. The summed E-state index contributed by atoms with van der Waals surface area (Å²) in [6.45, 7) is 4.06. The standard InChI is InChI=1S/C18H20INO2/c1-18(2,12-14-6-4-3-5-7-14)20-17(21)13-22-16-10-8-15(19)9-11-16/h3-11H,12-13H2,1-2H3,(H,20,21). The number of rotatable bonds is 6. The van der Waals surface area contributed by atoms with E-state index >= 15 is 0 Å². The minimum Gasteiger partial charge on any atom is -0.484 e. The Kier molecular flexibility index (Phi) is 5.83. The van der Waals surface area contributed by atoms with E-state index in [4.69, 9.17) is 4.74 Å². The van der Waals surface area contributed by atoms with Crippen molar-refractivity contribution in [3.63, 3.8) is 0 Å². The van der Waals surface area contributed by atoms with Crippen LogP contribution < -0.4 is 10.1 Å². The molecule has 2 rings (SSSR count). The molecule has 4 heteroatoms. The third kappa shape index (κ3) is 5.67. The van der Waals surface area contributed by atoms with Crippen molar-refractivity contribution in [2.75, 3.05) is 6.61 Å². The van der Waals surface area contributed by atoms with Crippen LogP contribution in [0.15, 0.2) is 54.6 Å². The molecule has 1 N–H and O–H groups in total. The Morgan fingerprint density at radius 1 is 1.09 bits per heavy atom. The fourth-order valence-electron chi connectivity index (χ4n) is 2.24. The van der Waals surface area contributed by atoms with Gasteiger partial charge < -0.3 is 10.1 Å². The Balaban J connectivity index is 1.83. The molecule has 0 aliphatic rings. The smallest absolute Gasteiger partial charge is 0.258 e. The Morgan fingerprint density at radius 2 is 1.73 bits per heavy atom. The maximum Gasteiger partial charge on any atom is 0.258 e. The zero-order chi connectivity index (χ0) is 16.0. The van der Waals surface area contributed by atoms with Gasteiger partial charge >= 0.3 is 0 Å². The largest absolute Gasteiger partial charge is 0.484 e. The number of amides is 1. The van der Waals surface area contributed by atoms with Crippen molar-refractivity contribution in [2.24, 2.45) is 0 Å². The number of ether oxygens (including phenoxy) is 1. The van der Waals surface area contributed by atoms with Crippen molar-refractivity contribution in [3.05, 3.63) is 63.7 Å². The highest BCUT2D eigenvalue weighted by molar-refractivity contribution is 14.1. The highest BCUT2D eigenvalue weighted by Gasteiger charge is 2.21. The number of carbonyl (C=O) groups excluding carboxylic acids is 1. The summed E-state index contributed by atoms with van der Waals surface area (Å²) in [5.41, 5.74) is 0.889. The molecule has 22 heavy (non-hydrogen) atoms. The molecule has 0 fully saturated rings. The van der Waals surface area contributed by atoms with Crippen molar-refractivity contribution in [1.29, 1.82) is 0 Å². The molecule has 0 spiro atoms. The Morgan fingerprint density at radius 3 is 2.36 bits per heavy atom. The molecule has 116 valence electrons. The van der Waals surface area contributed by atoms with Crippen LogP contribution >= 0.6 is 22.6 Å². The summed E-state index contributed by atoms with van der Waals surface area (Å²) in [5.74, 6) is 0.593. The summed E-state index contributed by atoms with van der Waals surface area (Å²) in [6.07, 6.45) is 0.781. The number of halogens is 1.